The number of amides is 1. The molecule has 9 heteroatoms. The van der Waals surface area contributed by atoms with E-state index in [0.717, 1.165) is 48.6 Å². The van der Waals surface area contributed by atoms with Gasteiger partial charge in [0, 0.05) is 78.4 Å². The maximum absolute atomic E-state index is 13.5. The molecule has 5 rings (SSSR count). The van der Waals surface area contributed by atoms with Gasteiger partial charge >= 0.3 is 0 Å². The van der Waals surface area contributed by atoms with E-state index in [1.165, 1.54) is 11.3 Å². The Morgan fingerprint density at radius 3 is 2.76 bits per heavy atom. The predicted molar refractivity (Wildman–Crippen MR) is 138 cm³/mol. The van der Waals surface area contributed by atoms with Gasteiger partial charge in [0.15, 0.2) is 10.6 Å². The Morgan fingerprint density at radius 1 is 1.15 bits per heavy atom. The number of nitrogens with zero attached hydrogens (tertiary/aromatic N) is 3. The highest BCUT2D eigenvalue weighted by atomic mass is 32.2. The Labute approximate surface area is 207 Å². The van der Waals surface area contributed by atoms with Crippen molar-refractivity contribution in [3.05, 3.63) is 70.0 Å². The van der Waals surface area contributed by atoms with Crippen LogP contribution in [0.3, 0.4) is 0 Å². The lowest BCUT2D eigenvalue weighted by Gasteiger charge is -2.39. The lowest BCUT2D eigenvalue weighted by molar-refractivity contribution is -0.136. The zero-order valence-corrected chi connectivity index (χ0v) is 20.6. The van der Waals surface area contributed by atoms with E-state index in [0.29, 0.717) is 30.8 Å². The molecule has 0 aliphatic carbocycles. The van der Waals surface area contributed by atoms with Gasteiger partial charge in [-0.15, -0.1) is 23.1 Å². The summed E-state index contributed by atoms with van der Waals surface area (Å²) in [5.41, 5.74) is 0.886. The van der Waals surface area contributed by atoms with Crippen molar-refractivity contribution in [3.8, 4) is 5.75 Å². The normalized spacial score (nSPS) is 21.1. The van der Waals surface area contributed by atoms with Gasteiger partial charge in [-0.25, -0.2) is 0 Å². The van der Waals surface area contributed by atoms with Crippen molar-refractivity contribution < 1.29 is 9.53 Å². The van der Waals surface area contributed by atoms with Crippen molar-refractivity contribution >= 4 is 39.1 Å². The first-order chi connectivity index (χ1) is 16.7. The number of piperazine rings is 1. The van der Waals surface area contributed by atoms with E-state index in [2.05, 4.69) is 15.2 Å². The Balaban J connectivity index is 1.11. The summed E-state index contributed by atoms with van der Waals surface area (Å²) in [6.07, 6.45) is 4.37. The average molecular weight is 497 g/mol. The van der Waals surface area contributed by atoms with E-state index < -0.39 is 4.87 Å². The second kappa shape index (κ2) is 10.4. The minimum Gasteiger partial charge on any atom is -0.489 e. The van der Waals surface area contributed by atoms with Crippen molar-refractivity contribution in [3.63, 3.8) is 0 Å². The van der Waals surface area contributed by atoms with Crippen LogP contribution in [0, 0.1) is 0 Å². The number of carbonyl (C=O) groups excluding carboxylic acids is 1. The van der Waals surface area contributed by atoms with Crippen LogP contribution in [0.15, 0.2) is 59.0 Å². The summed E-state index contributed by atoms with van der Waals surface area (Å²) in [6.45, 7) is 5.29. The fourth-order valence-corrected chi connectivity index (χ4v) is 6.64. The maximum atomic E-state index is 13.5. The molecule has 178 valence electrons. The number of hydrogen-bond donors (Lipinski definition) is 1. The third kappa shape index (κ3) is 4.70. The van der Waals surface area contributed by atoms with Gasteiger partial charge in [-0.3, -0.25) is 24.8 Å². The van der Waals surface area contributed by atoms with Crippen molar-refractivity contribution in [1.29, 1.82) is 0 Å². The largest absolute Gasteiger partial charge is 0.489 e. The first-order valence-electron chi connectivity index (χ1n) is 11.6. The Morgan fingerprint density at radius 2 is 2.00 bits per heavy atom. The number of thioether (sulfide) groups is 1. The topological polar surface area (TPSA) is 74.8 Å². The minimum atomic E-state index is -0.721. The van der Waals surface area contributed by atoms with Gasteiger partial charge in [0.1, 0.15) is 0 Å². The predicted octanol–water partition coefficient (Wildman–Crippen LogP) is 2.76. The van der Waals surface area contributed by atoms with Gasteiger partial charge < -0.3 is 9.64 Å². The Kier molecular flexibility index (Phi) is 7.15. The molecule has 1 N–H and O–H groups in total. The molecular formula is C25H28N4O3S2. The molecule has 7 nitrogen and oxygen atoms in total. The molecule has 2 aliphatic rings. The summed E-state index contributed by atoms with van der Waals surface area (Å²) in [4.78, 5) is 34.0. The molecule has 2 aromatic heterocycles. The number of benzene rings is 1. The second-order valence-corrected chi connectivity index (χ2v) is 10.7. The van der Waals surface area contributed by atoms with Gasteiger partial charge in [0.2, 0.25) is 5.43 Å². The molecule has 0 saturated carbocycles. The smallest absolute Gasteiger partial charge is 0.258 e. The number of carbonyl (C=O) groups is 1. The van der Waals surface area contributed by atoms with Crippen LogP contribution >= 0.6 is 23.1 Å². The molecule has 1 aromatic carbocycles. The zero-order chi connectivity index (χ0) is 23.4. The summed E-state index contributed by atoms with van der Waals surface area (Å²) >= 11 is 3.20. The van der Waals surface area contributed by atoms with Crippen LogP contribution in [0.5, 0.6) is 5.75 Å². The van der Waals surface area contributed by atoms with E-state index in [1.54, 1.807) is 24.2 Å². The van der Waals surface area contributed by atoms with Gasteiger partial charge in [-0.1, -0.05) is 18.2 Å². The number of rotatable bonds is 7. The van der Waals surface area contributed by atoms with Crippen LogP contribution in [0.25, 0.3) is 10.1 Å². The lowest BCUT2D eigenvalue weighted by Crippen LogP contribution is -2.56. The molecule has 1 unspecified atom stereocenters. The monoisotopic (exact) mass is 496 g/mol. The number of pyridine rings is 1. The molecular weight excluding hydrogens is 468 g/mol. The van der Waals surface area contributed by atoms with Crippen molar-refractivity contribution in [2.45, 2.75) is 11.3 Å². The van der Waals surface area contributed by atoms with Crippen molar-refractivity contribution in [1.82, 2.24) is 20.1 Å². The fraction of sp³-hybridized carbons (Fsp3) is 0.400. The number of fused-ring (bicyclic) bond motifs is 1. The Hall–Kier alpha value is -2.46. The first-order valence-corrected chi connectivity index (χ1v) is 13.5. The van der Waals surface area contributed by atoms with Crippen LogP contribution in [0.4, 0.5) is 0 Å². The number of nitrogens with one attached hydrogen (secondary N) is 1. The summed E-state index contributed by atoms with van der Waals surface area (Å²) < 4.78 is 6.79. The van der Waals surface area contributed by atoms with E-state index in [-0.39, 0.29) is 11.3 Å². The van der Waals surface area contributed by atoms with Gasteiger partial charge in [-0.2, -0.15) is 0 Å². The Bertz CT molecular complexity index is 1190. The SMILES string of the molecule is O=C(N1CCN(CCCOc2csc3ccccc3c2=O)CC1)C1(c2cccnc2)NCCS1. The van der Waals surface area contributed by atoms with Crippen molar-refractivity contribution in [2.24, 2.45) is 0 Å². The highest BCUT2D eigenvalue weighted by Crippen LogP contribution is 2.39. The molecule has 4 heterocycles. The average Bonchev–Trinajstić information content (AvgIpc) is 3.40. The highest BCUT2D eigenvalue weighted by Gasteiger charge is 2.46. The second-order valence-electron chi connectivity index (χ2n) is 8.46. The minimum absolute atomic E-state index is 0.0394. The molecule has 1 amide bonds. The molecule has 0 radical (unpaired) electrons. The summed E-state index contributed by atoms with van der Waals surface area (Å²) in [6, 6.07) is 11.5. The van der Waals surface area contributed by atoms with Crippen LogP contribution in [0.1, 0.15) is 12.0 Å². The maximum Gasteiger partial charge on any atom is 0.258 e. The van der Waals surface area contributed by atoms with E-state index in [4.69, 9.17) is 4.74 Å². The van der Waals surface area contributed by atoms with E-state index in [9.17, 15) is 9.59 Å². The molecule has 1 atom stereocenters. The van der Waals surface area contributed by atoms with Gasteiger partial charge in [0.25, 0.3) is 5.91 Å². The standard InChI is InChI=1S/C25H28N4O3S2/c30-23-20-6-1-2-7-22(20)33-18-21(23)32-15-4-10-28-11-13-29(14-12-28)24(31)25(27-9-16-34-25)19-5-3-8-26-17-19/h1-3,5-8,17-18,27H,4,9-16H2. The van der Waals surface area contributed by atoms with Crippen LogP contribution in [0.2, 0.25) is 0 Å². The van der Waals surface area contributed by atoms with Crippen LogP contribution < -0.4 is 15.5 Å². The molecule has 2 aliphatic heterocycles. The number of hydrogen-bond acceptors (Lipinski definition) is 8. The third-order valence-electron chi connectivity index (χ3n) is 6.35. The fourth-order valence-electron chi connectivity index (χ4n) is 4.53. The highest BCUT2D eigenvalue weighted by molar-refractivity contribution is 8.01. The molecule has 34 heavy (non-hydrogen) atoms. The quantitative estimate of drug-likeness (QED) is 0.504. The van der Waals surface area contributed by atoms with Gasteiger partial charge in [0.05, 0.1) is 6.61 Å². The van der Waals surface area contributed by atoms with Gasteiger partial charge in [-0.05, 0) is 24.6 Å². The lowest BCUT2D eigenvalue weighted by atomic mass is 10.1. The summed E-state index contributed by atoms with van der Waals surface area (Å²) in [7, 11) is 0. The molecule has 2 fully saturated rings. The number of aromatic nitrogens is 1. The summed E-state index contributed by atoms with van der Waals surface area (Å²) in [5, 5.41) is 5.97. The molecule has 2 saturated heterocycles. The van der Waals surface area contributed by atoms with Crippen molar-refractivity contribution in [2.75, 3.05) is 51.6 Å². The third-order valence-corrected chi connectivity index (χ3v) is 8.69. The molecule has 3 aromatic rings. The first kappa shape index (κ1) is 23.3. The molecule has 0 spiro atoms. The van der Waals surface area contributed by atoms with Crippen LogP contribution in [-0.4, -0.2) is 72.3 Å². The van der Waals surface area contributed by atoms with E-state index in [1.807, 2.05) is 46.7 Å². The number of ether oxygens (including phenoxy) is 1. The van der Waals surface area contributed by atoms with E-state index >= 15 is 0 Å². The zero-order valence-electron chi connectivity index (χ0n) is 18.9. The van der Waals surface area contributed by atoms with Crippen LogP contribution in [-0.2, 0) is 9.67 Å². The molecule has 0 bridgehead atoms. The summed E-state index contributed by atoms with van der Waals surface area (Å²) in [5.74, 6) is 1.47.